The van der Waals surface area contributed by atoms with Crippen molar-refractivity contribution in [3.63, 3.8) is 0 Å². The highest BCUT2D eigenvalue weighted by molar-refractivity contribution is 5.89. The SMILES string of the molecule is O=C(OOC(=O)N1CCCCC1)c1ccc([N+](=O)[O-])cc1. The van der Waals surface area contributed by atoms with Crippen molar-refractivity contribution in [1.82, 2.24) is 4.90 Å². The molecule has 1 aromatic carbocycles. The molecule has 0 bridgehead atoms. The lowest BCUT2D eigenvalue weighted by molar-refractivity contribution is -0.384. The topological polar surface area (TPSA) is 99.0 Å². The third-order valence-corrected chi connectivity index (χ3v) is 3.12. The molecule has 1 aromatic rings. The number of hydrogen-bond acceptors (Lipinski definition) is 6. The second-order valence-corrected chi connectivity index (χ2v) is 4.57. The van der Waals surface area contributed by atoms with Gasteiger partial charge in [-0.05, 0) is 31.4 Å². The number of likely N-dealkylation sites (tertiary alicyclic amines) is 1. The van der Waals surface area contributed by atoms with Gasteiger partial charge in [0.2, 0.25) is 0 Å². The molecule has 112 valence electrons. The van der Waals surface area contributed by atoms with Gasteiger partial charge in [0.15, 0.2) is 0 Å². The normalized spacial score (nSPS) is 14.4. The largest absolute Gasteiger partial charge is 0.453 e. The van der Waals surface area contributed by atoms with E-state index in [4.69, 9.17) is 0 Å². The van der Waals surface area contributed by atoms with Crippen molar-refractivity contribution in [3.8, 4) is 0 Å². The average Bonchev–Trinajstić information content (AvgIpc) is 2.53. The summed E-state index contributed by atoms with van der Waals surface area (Å²) in [5.41, 5.74) is -0.0797. The zero-order valence-electron chi connectivity index (χ0n) is 11.2. The van der Waals surface area contributed by atoms with Gasteiger partial charge in [-0.1, -0.05) is 0 Å². The van der Waals surface area contributed by atoms with Crippen LogP contribution in [-0.2, 0) is 9.78 Å². The van der Waals surface area contributed by atoms with Crippen molar-refractivity contribution < 1.29 is 24.3 Å². The third-order valence-electron chi connectivity index (χ3n) is 3.12. The molecule has 0 spiro atoms. The lowest BCUT2D eigenvalue weighted by Crippen LogP contribution is -2.36. The Morgan fingerprint density at radius 1 is 1.05 bits per heavy atom. The maximum Gasteiger partial charge on any atom is 0.453 e. The zero-order chi connectivity index (χ0) is 15.2. The van der Waals surface area contributed by atoms with E-state index >= 15 is 0 Å². The Kier molecular flexibility index (Phi) is 4.70. The highest BCUT2D eigenvalue weighted by Gasteiger charge is 2.21. The van der Waals surface area contributed by atoms with Crippen molar-refractivity contribution in [2.45, 2.75) is 19.3 Å². The van der Waals surface area contributed by atoms with Crippen molar-refractivity contribution in [1.29, 1.82) is 0 Å². The summed E-state index contributed by atoms with van der Waals surface area (Å²) in [4.78, 5) is 43.5. The number of amides is 1. The Morgan fingerprint density at radius 3 is 2.24 bits per heavy atom. The third kappa shape index (κ3) is 3.91. The van der Waals surface area contributed by atoms with E-state index in [0.717, 1.165) is 19.3 Å². The van der Waals surface area contributed by atoms with E-state index in [1.165, 1.54) is 29.2 Å². The lowest BCUT2D eigenvalue weighted by atomic mass is 10.1. The van der Waals surface area contributed by atoms with Gasteiger partial charge in [-0.3, -0.25) is 10.1 Å². The van der Waals surface area contributed by atoms with Gasteiger partial charge in [0, 0.05) is 25.2 Å². The number of rotatable bonds is 2. The molecule has 0 radical (unpaired) electrons. The van der Waals surface area contributed by atoms with Crippen molar-refractivity contribution >= 4 is 17.7 Å². The monoisotopic (exact) mass is 294 g/mol. The molecule has 21 heavy (non-hydrogen) atoms. The van der Waals surface area contributed by atoms with Gasteiger partial charge in [0.05, 0.1) is 10.5 Å². The number of hydrogen-bond donors (Lipinski definition) is 0. The van der Waals surface area contributed by atoms with E-state index in [1.54, 1.807) is 0 Å². The molecule has 0 aliphatic carbocycles. The summed E-state index contributed by atoms with van der Waals surface area (Å²) < 4.78 is 0. The summed E-state index contributed by atoms with van der Waals surface area (Å²) in [5.74, 6) is -0.879. The predicted octanol–water partition coefficient (Wildman–Crippen LogP) is 2.29. The summed E-state index contributed by atoms with van der Waals surface area (Å²) in [6.45, 7) is 1.15. The van der Waals surface area contributed by atoms with Crippen LogP contribution in [0.25, 0.3) is 0 Å². The summed E-state index contributed by atoms with van der Waals surface area (Å²) in [5, 5.41) is 10.5. The first kappa shape index (κ1) is 14.8. The number of nitro groups is 1. The minimum Gasteiger partial charge on any atom is -0.305 e. The number of non-ortho nitro benzene ring substituents is 1. The highest BCUT2D eigenvalue weighted by atomic mass is 17.2. The first-order valence-corrected chi connectivity index (χ1v) is 6.50. The van der Waals surface area contributed by atoms with E-state index in [9.17, 15) is 19.7 Å². The van der Waals surface area contributed by atoms with E-state index in [2.05, 4.69) is 9.78 Å². The van der Waals surface area contributed by atoms with Crippen molar-refractivity contribution in [2.24, 2.45) is 0 Å². The van der Waals surface area contributed by atoms with Crippen LogP contribution in [0.4, 0.5) is 10.5 Å². The Balaban J connectivity index is 1.86. The van der Waals surface area contributed by atoms with Crippen LogP contribution in [0.2, 0.25) is 0 Å². The maximum absolute atomic E-state index is 11.6. The first-order valence-electron chi connectivity index (χ1n) is 6.50. The molecule has 0 N–H and O–H groups in total. The number of piperidine rings is 1. The highest BCUT2D eigenvalue weighted by Crippen LogP contribution is 2.14. The molecular formula is C13H14N2O6. The van der Waals surface area contributed by atoms with Crippen LogP contribution in [0.1, 0.15) is 29.6 Å². The standard InChI is InChI=1S/C13H14N2O6/c16-12(10-4-6-11(7-5-10)15(18)19)20-21-13(17)14-8-2-1-3-9-14/h4-7H,1-3,8-9H2. The first-order chi connectivity index (χ1) is 10.1. The minimum atomic E-state index is -0.879. The van der Waals surface area contributed by atoms with Gasteiger partial charge in [0.25, 0.3) is 5.69 Å². The van der Waals surface area contributed by atoms with Crippen LogP contribution >= 0.6 is 0 Å². The van der Waals surface area contributed by atoms with Crippen LogP contribution in [0, 0.1) is 10.1 Å². The molecule has 0 aromatic heterocycles. The molecule has 1 saturated heterocycles. The number of nitro benzene ring substituents is 1. The second kappa shape index (κ2) is 6.69. The Hall–Kier alpha value is -2.64. The van der Waals surface area contributed by atoms with Gasteiger partial charge < -0.3 is 4.90 Å². The molecule has 1 aliphatic rings. The quantitative estimate of drug-likeness (QED) is 0.471. The summed E-state index contributed by atoms with van der Waals surface area (Å²) >= 11 is 0. The van der Waals surface area contributed by atoms with Crippen molar-refractivity contribution in [2.75, 3.05) is 13.1 Å². The molecule has 0 unspecified atom stereocenters. The predicted molar refractivity (Wildman–Crippen MR) is 70.4 cm³/mol. The minimum absolute atomic E-state index is 0.0621. The fourth-order valence-corrected chi connectivity index (χ4v) is 1.97. The van der Waals surface area contributed by atoms with Crippen LogP contribution in [-0.4, -0.2) is 35.0 Å². The average molecular weight is 294 g/mol. The van der Waals surface area contributed by atoms with Crippen LogP contribution < -0.4 is 0 Å². The molecule has 8 nitrogen and oxygen atoms in total. The molecule has 0 saturated carbocycles. The van der Waals surface area contributed by atoms with Crippen LogP contribution in [0.3, 0.4) is 0 Å². The number of carbonyl (C=O) groups is 2. The number of benzene rings is 1. The van der Waals surface area contributed by atoms with Gasteiger partial charge >= 0.3 is 12.1 Å². The van der Waals surface area contributed by atoms with E-state index in [1.807, 2.05) is 0 Å². The zero-order valence-corrected chi connectivity index (χ0v) is 11.2. The summed E-state index contributed by atoms with van der Waals surface area (Å²) in [6, 6.07) is 4.80. The second-order valence-electron chi connectivity index (χ2n) is 4.57. The smallest absolute Gasteiger partial charge is 0.305 e. The van der Waals surface area contributed by atoms with Crippen LogP contribution in [0.15, 0.2) is 24.3 Å². The molecule has 1 aliphatic heterocycles. The Bertz CT molecular complexity index is 536. The fraction of sp³-hybridized carbons (Fsp3) is 0.385. The molecule has 1 heterocycles. The van der Waals surface area contributed by atoms with Gasteiger partial charge in [0.1, 0.15) is 0 Å². The molecule has 0 atom stereocenters. The van der Waals surface area contributed by atoms with Crippen molar-refractivity contribution in [3.05, 3.63) is 39.9 Å². The summed E-state index contributed by atoms with van der Waals surface area (Å²) in [6.07, 6.45) is 2.15. The summed E-state index contributed by atoms with van der Waals surface area (Å²) in [7, 11) is 0. The van der Waals surface area contributed by atoms with E-state index < -0.39 is 17.0 Å². The number of nitrogens with zero attached hydrogens (tertiary/aromatic N) is 2. The van der Waals surface area contributed by atoms with E-state index in [0.29, 0.717) is 13.1 Å². The number of carbonyl (C=O) groups excluding carboxylic acids is 2. The molecule has 1 amide bonds. The Morgan fingerprint density at radius 2 is 1.67 bits per heavy atom. The molecule has 8 heteroatoms. The molecule has 2 rings (SSSR count). The maximum atomic E-state index is 11.6. The molecule has 1 fully saturated rings. The fourth-order valence-electron chi connectivity index (χ4n) is 1.97. The van der Waals surface area contributed by atoms with Gasteiger partial charge in [-0.2, -0.15) is 0 Å². The Labute approximate surface area is 120 Å². The van der Waals surface area contributed by atoms with E-state index in [-0.39, 0.29) is 11.3 Å². The van der Waals surface area contributed by atoms with Gasteiger partial charge in [-0.15, -0.1) is 0 Å². The molecular weight excluding hydrogens is 280 g/mol. The van der Waals surface area contributed by atoms with Crippen LogP contribution in [0.5, 0.6) is 0 Å². The lowest BCUT2D eigenvalue weighted by Gasteiger charge is -2.24. The van der Waals surface area contributed by atoms with Gasteiger partial charge in [-0.25, -0.2) is 19.4 Å².